The topological polar surface area (TPSA) is 29.3 Å². The highest BCUT2D eigenvalue weighted by Crippen LogP contribution is 2.23. The van der Waals surface area contributed by atoms with E-state index < -0.39 is 0 Å². The van der Waals surface area contributed by atoms with E-state index in [-0.39, 0.29) is 0 Å². The summed E-state index contributed by atoms with van der Waals surface area (Å²) in [5.74, 6) is 6.63. The molecule has 0 radical (unpaired) electrons. The van der Waals surface area contributed by atoms with Crippen molar-refractivity contribution in [1.29, 1.82) is 0 Å². The Hall–Kier alpha value is -0.0800. The van der Waals surface area contributed by atoms with Crippen LogP contribution < -0.4 is 5.84 Å². The lowest BCUT2D eigenvalue weighted by atomic mass is 9.93. The molecule has 2 nitrogen and oxygen atoms in total. The van der Waals surface area contributed by atoms with Crippen LogP contribution in [0.3, 0.4) is 0 Å². The van der Waals surface area contributed by atoms with Gasteiger partial charge in [-0.1, -0.05) is 39.0 Å². The van der Waals surface area contributed by atoms with Gasteiger partial charge in [-0.3, -0.25) is 5.84 Å². The van der Waals surface area contributed by atoms with Crippen molar-refractivity contribution in [2.75, 3.05) is 7.05 Å². The summed E-state index contributed by atoms with van der Waals surface area (Å²) in [7, 11) is 2.01. The normalized spacial score (nSPS) is 32.3. The second-order valence-electron chi connectivity index (χ2n) is 4.56. The zero-order valence-electron chi connectivity index (χ0n) is 9.13. The van der Waals surface area contributed by atoms with E-state index in [0.717, 1.165) is 5.92 Å². The van der Waals surface area contributed by atoms with Crippen molar-refractivity contribution >= 4 is 0 Å². The van der Waals surface area contributed by atoms with E-state index in [1.165, 1.54) is 44.9 Å². The molecule has 78 valence electrons. The maximum absolute atomic E-state index is 5.86. The van der Waals surface area contributed by atoms with Crippen LogP contribution in [0.15, 0.2) is 0 Å². The summed E-state index contributed by atoms with van der Waals surface area (Å²) in [6, 6.07) is 0.609. The molecule has 0 spiro atoms. The summed E-state index contributed by atoms with van der Waals surface area (Å²) >= 11 is 0. The fourth-order valence-corrected chi connectivity index (χ4v) is 2.43. The first-order valence-electron chi connectivity index (χ1n) is 5.69. The number of hydrogen-bond donors (Lipinski definition) is 1. The van der Waals surface area contributed by atoms with Gasteiger partial charge in [0.2, 0.25) is 0 Å². The van der Waals surface area contributed by atoms with Gasteiger partial charge in [-0.05, 0) is 18.8 Å². The molecule has 1 fully saturated rings. The van der Waals surface area contributed by atoms with Crippen LogP contribution in [0.1, 0.15) is 51.9 Å². The Labute approximate surface area is 82.5 Å². The Morgan fingerprint density at radius 1 is 1.00 bits per heavy atom. The summed E-state index contributed by atoms with van der Waals surface area (Å²) in [6.07, 6.45) is 9.64. The first-order chi connectivity index (χ1) is 6.22. The molecule has 1 saturated carbocycles. The number of nitrogens with zero attached hydrogens (tertiary/aromatic N) is 1. The van der Waals surface area contributed by atoms with Gasteiger partial charge in [0.25, 0.3) is 0 Å². The summed E-state index contributed by atoms with van der Waals surface area (Å²) in [5, 5.41) is 1.93. The van der Waals surface area contributed by atoms with Crippen LogP contribution in [0, 0.1) is 5.92 Å². The molecular weight excluding hydrogens is 160 g/mol. The molecule has 2 unspecified atom stereocenters. The number of nitrogens with two attached hydrogens (primary N) is 1. The fraction of sp³-hybridized carbons (Fsp3) is 1.00. The highest BCUT2D eigenvalue weighted by Gasteiger charge is 2.20. The molecule has 0 heterocycles. The van der Waals surface area contributed by atoms with Gasteiger partial charge < -0.3 is 0 Å². The molecule has 0 bridgehead atoms. The second-order valence-corrected chi connectivity index (χ2v) is 4.56. The van der Waals surface area contributed by atoms with E-state index >= 15 is 0 Å². The van der Waals surface area contributed by atoms with Crippen molar-refractivity contribution in [2.24, 2.45) is 11.8 Å². The molecule has 2 N–H and O–H groups in total. The minimum Gasteiger partial charge on any atom is -0.269 e. The van der Waals surface area contributed by atoms with Crippen LogP contribution in [0.5, 0.6) is 0 Å². The van der Waals surface area contributed by atoms with Gasteiger partial charge >= 0.3 is 0 Å². The fourth-order valence-electron chi connectivity index (χ4n) is 2.43. The quantitative estimate of drug-likeness (QED) is 0.501. The Bertz CT molecular complexity index is 134. The van der Waals surface area contributed by atoms with Gasteiger partial charge in [0.15, 0.2) is 0 Å². The van der Waals surface area contributed by atoms with Crippen LogP contribution in [0.25, 0.3) is 0 Å². The number of rotatable bonds is 1. The van der Waals surface area contributed by atoms with Crippen molar-refractivity contribution < 1.29 is 0 Å². The minimum atomic E-state index is 0.609. The third kappa shape index (κ3) is 3.65. The van der Waals surface area contributed by atoms with Crippen molar-refractivity contribution in [1.82, 2.24) is 5.01 Å². The van der Waals surface area contributed by atoms with E-state index in [9.17, 15) is 0 Å². The summed E-state index contributed by atoms with van der Waals surface area (Å²) in [5.41, 5.74) is 0. The first-order valence-corrected chi connectivity index (χ1v) is 5.69. The number of hydrazine groups is 1. The Morgan fingerprint density at radius 3 is 2.15 bits per heavy atom. The average molecular weight is 184 g/mol. The molecule has 0 aromatic carbocycles. The van der Waals surface area contributed by atoms with E-state index in [0.29, 0.717) is 6.04 Å². The minimum absolute atomic E-state index is 0.609. The molecule has 1 rings (SSSR count). The van der Waals surface area contributed by atoms with Crippen molar-refractivity contribution in [3.8, 4) is 0 Å². The smallest absolute Gasteiger partial charge is 0.0263 e. The van der Waals surface area contributed by atoms with E-state index in [2.05, 4.69) is 6.92 Å². The van der Waals surface area contributed by atoms with Crippen LogP contribution in [0.4, 0.5) is 0 Å². The van der Waals surface area contributed by atoms with Crippen molar-refractivity contribution in [3.63, 3.8) is 0 Å². The molecule has 0 aromatic rings. The molecule has 0 amide bonds. The lowest BCUT2D eigenvalue weighted by molar-refractivity contribution is 0.167. The van der Waals surface area contributed by atoms with E-state index in [4.69, 9.17) is 5.84 Å². The SMILES string of the molecule is CC1CCCCCCCC1N(C)N. The zero-order valence-corrected chi connectivity index (χ0v) is 9.13. The van der Waals surface area contributed by atoms with Gasteiger partial charge in [0, 0.05) is 13.1 Å². The third-order valence-corrected chi connectivity index (χ3v) is 3.34. The molecule has 1 aliphatic rings. The molecular formula is C11H24N2. The lowest BCUT2D eigenvalue weighted by Crippen LogP contribution is -2.41. The van der Waals surface area contributed by atoms with Crippen LogP contribution in [-0.4, -0.2) is 18.1 Å². The maximum Gasteiger partial charge on any atom is 0.0263 e. The van der Waals surface area contributed by atoms with Crippen LogP contribution in [-0.2, 0) is 0 Å². The average Bonchev–Trinajstić information content (AvgIpc) is 2.16. The Balaban J connectivity index is 2.45. The van der Waals surface area contributed by atoms with Gasteiger partial charge in [0.1, 0.15) is 0 Å². The predicted molar refractivity (Wildman–Crippen MR) is 57.2 cm³/mol. The third-order valence-electron chi connectivity index (χ3n) is 3.34. The molecule has 2 atom stereocenters. The van der Waals surface area contributed by atoms with E-state index in [1.807, 2.05) is 12.1 Å². The predicted octanol–water partition coefficient (Wildman–Crippen LogP) is 2.54. The molecule has 2 heteroatoms. The number of hydrogen-bond acceptors (Lipinski definition) is 2. The van der Waals surface area contributed by atoms with Gasteiger partial charge in [-0.25, -0.2) is 5.01 Å². The Kier molecular flexibility index (Phi) is 4.74. The highest BCUT2D eigenvalue weighted by molar-refractivity contribution is 4.73. The molecule has 13 heavy (non-hydrogen) atoms. The largest absolute Gasteiger partial charge is 0.269 e. The molecule has 0 aromatic heterocycles. The summed E-state index contributed by atoms with van der Waals surface area (Å²) < 4.78 is 0. The summed E-state index contributed by atoms with van der Waals surface area (Å²) in [6.45, 7) is 2.35. The lowest BCUT2D eigenvalue weighted by Gasteiger charge is -2.29. The van der Waals surface area contributed by atoms with Crippen LogP contribution >= 0.6 is 0 Å². The first kappa shape index (κ1) is 11.0. The molecule has 0 saturated heterocycles. The van der Waals surface area contributed by atoms with Crippen LogP contribution in [0.2, 0.25) is 0 Å². The zero-order chi connectivity index (χ0) is 9.68. The van der Waals surface area contributed by atoms with Gasteiger partial charge in [0.05, 0.1) is 0 Å². The van der Waals surface area contributed by atoms with Gasteiger partial charge in [-0.15, -0.1) is 0 Å². The Morgan fingerprint density at radius 2 is 1.54 bits per heavy atom. The van der Waals surface area contributed by atoms with Gasteiger partial charge in [-0.2, -0.15) is 0 Å². The van der Waals surface area contributed by atoms with Crippen molar-refractivity contribution in [2.45, 2.75) is 57.9 Å². The highest BCUT2D eigenvalue weighted by atomic mass is 15.4. The van der Waals surface area contributed by atoms with Crippen molar-refractivity contribution in [3.05, 3.63) is 0 Å². The molecule has 1 aliphatic carbocycles. The summed E-state index contributed by atoms with van der Waals surface area (Å²) in [4.78, 5) is 0. The second kappa shape index (κ2) is 5.61. The maximum atomic E-state index is 5.86. The molecule has 0 aliphatic heterocycles. The standard InChI is InChI=1S/C11H24N2/c1-10-8-6-4-3-5-7-9-11(10)13(2)12/h10-11H,3-9,12H2,1-2H3. The van der Waals surface area contributed by atoms with E-state index in [1.54, 1.807) is 0 Å². The monoisotopic (exact) mass is 184 g/mol.